The molecule has 1 aliphatic heterocycles. The van der Waals surface area contributed by atoms with Crippen LogP contribution < -0.4 is 0 Å². The van der Waals surface area contributed by atoms with Crippen molar-refractivity contribution in [3.63, 3.8) is 0 Å². The van der Waals surface area contributed by atoms with Crippen LogP contribution in [-0.2, 0) is 35.9 Å². The zero-order chi connectivity index (χ0) is 27.2. The number of fused-ring (bicyclic) bond motifs is 3. The van der Waals surface area contributed by atoms with Gasteiger partial charge in [0.05, 0.1) is 17.8 Å². The minimum absolute atomic E-state index is 0.112. The Hall–Kier alpha value is -3.27. The standard InChI is InChI=1S/C35H40N2O2/c1-5-13-35(15-16-35)14-12-24-8-11-29-26(17-24)19-32-30(29)22-31(36-32)25-9-6-23(7-10-25)18-28(38)20-27-21-33(39-37-27)34(2,3)4/h6-11,17,21-22,30H,5,12-16,18-20H2,1-4H3. The number of rotatable bonds is 10. The van der Waals surface area contributed by atoms with Crippen LogP contribution >= 0.6 is 0 Å². The molecule has 0 amide bonds. The van der Waals surface area contributed by atoms with Crippen LogP contribution in [0, 0.1) is 5.41 Å². The highest BCUT2D eigenvalue weighted by Crippen LogP contribution is 2.53. The SMILES string of the molecule is CCCC1(CCc2ccc3c(c2)CC2=NC(c4ccc(CC(=O)Cc5cc(C(C)(C)C)on5)cc4)=CC23)CC1. The van der Waals surface area contributed by atoms with Crippen LogP contribution in [0.3, 0.4) is 0 Å². The average molecular weight is 521 g/mol. The molecule has 39 heavy (non-hydrogen) atoms. The first kappa shape index (κ1) is 26.0. The number of benzene rings is 2. The van der Waals surface area contributed by atoms with Crippen molar-refractivity contribution in [2.75, 3.05) is 0 Å². The molecular weight excluding hydrogens is 480 g/mol. The smallest absolute Gasteiger partial charge is 0.143 e. The van der Waals surface area contributed by atoms with Gasteiger partial charge in [-0.2, -0.15) is 0 Å². The summed E-state index contributed by atoms with van der Waals surface area (Å²) >= 11 is 0. The van der Waals surface area contributed by atoms with E-state index in [2.05, 4.69) is 81.4 Å². The Morgan fingerprint density at radius 3 is 2.46 bits per heavy atom. The van der Waals surface area contributed by atoms with Gasteiger partial charge in [0.2, 0.25) is 0 Å². The van der Waals surface area contributed by atoms with E-state index in [1.165, 1.54) is 60.9 Å². The van der Waals surface area contributed by atoms with Gasteiger partial charge in [-0.05, 0) is 71.4 Å². The van der Waals surface area contributed by atoms with Gasteiger partial charge in [0.15, 0.2) is 0 Å². The lowest BCUT2D eigenvalue weighted by Crippen LogP contribution is -2.09. The van der Waals surface area contributed by atoms with Gasteiger partial charge in [-0.1, -0.05) is 81.7 Å². The van der Waals surface area contributed by atoms with Crippen molar-refractivity contribution in [2.24, 2.45) is 10.4 Å². The molecule has 2 heterocycles. The molecule has 3 aliphatic rings. The summed E-state index contributed by atoms with van der Waals surface area (Å²) in [5.74, 6) is 1.25. The lowest BCUT2D eigenvalue weighted by atomic mass is 9.91. The fourth-order valence-electron chi connectivity index (χ4n) is 6.34. The van der Waals surface area contributed by atoms with E-state index in [9.17, 15) is 4.79 Å². The fourth-order valence-corrected chi connectivity index (χ4v) is 6.34. The second-order valence-electron chi connectivity index (χ2n) is 13.1. The molecule has 1 unspecified atom stereocenters. The summed E-state index contributed by atoms with van der Waals surface area (Å²) in [6, 6.07) is 17.4. The number of nitrogens with zero attached hydrogens (tertiary/aromatic N) is 2. The van der Waals surface area contributed by atoms with Crippen molar-refractivity contribution in [3.05, 3.63) is 93.9 Å². The van der Waals surface area contributed by atoms with Crippen molar-refractivity contribution in [1.29, 1.82) is 0 Å². The van der Waals surface area contributed by atoms with E-state index in [0.717, 1.165) is 29.0 Å². The molecule has 0 N–H and O–H groups in total. The molecular formula is C35H40N2O2. The number of Topliss-reactive ketones (excluding diaryl/α,β-unsaturated/α-hetero) is 1. The maximum Gasteiger partial charge on any atom is 0.143 e. The molecule has 1 atom stereocenters. The van der Waals surface area contributed by atoms with Crippen LogP contribution in [0.1, 0.15) is 105 Å². The van der Waals surface area contributed by atoms with Crippen molar-refractivity contribution >= 4 is 17.2 Å². The van der Waals surface area contributed by atoms with Crippen molar-refractivity contribution < 1.29 is 9.32 Å². The van der Waals surface area contributed by atoms with Gasteiger partial charge >= 0.3 is 0 Å². The van der Waals surface area contributed by atoms with Crippen LogP contribution in [0.2, 0.25) is 0 Å². The predicted octanol–water partition coefficient (Wildman–Crippen LogP) is 7.97. The van der Waals surface area contributed by atoms with Crippen LogP contribution in [0.15, 0.2) is 64.1 Å². The van der Waals surface area contributed by atoms with E-state index < -0.39 is 0 Å². The highest BCUT2D eigenvalue weighted by molar-refractivity contribution is 6.05. The van der Waals surface area contributed by atoms with Gasteiger partial charge in [0.1, 0.15) is 11.5 Å². The number of aryl methyl sites for hydroxylation is 1. The van der Waals surface area contributed by atoms with Crippen LogP contribution in [-0.4, -0.2) is 16.7 Å². The molecule has 4 nitrogen and oxygen atoms in total. The zero-order valence-corrected chi connectivity index (χ0v) is 23.8. The third kappa shape index (κ3) is 5.57. The Labute approximate surface area is 232 Å². The Morgan fingerprint density at radius 1 is 1.00 bits per heavy atom. The van der Waals surface area contributed by atoms with E-state index in [-0.39, 0.29) is 11.2 Å². The lowest BCUT2D eigenvalue weighted by Gasteiger charge is -2.14. The summed E-state index contributed by atoms with van der Waals surface area (Å²) in [6.45, 7) is 8.54. The fraction of sp³-hybridized carbons (Fsp3) is 0.457. The molecule has 4 heteroatoms. The summed E-state index contributed by atoms with van der Waals surface area (Å²) < 4.78 is 5.42. The Morgan fingerprint density at radius 2 is 1.77 bits per heavy atom. The molecule has 0 bridgehead atoms. The number of aromatic nitrogens is 1. The van der Waals surface area contributed by atoms with Crippen molar-refractivity contribution in [3.8, 4) is 0 Å². The first-order valence-corrected chi connectivity index (χ1v) is 14.7. The number of hydrogen-bond donors (Lipinski definition) is 0. The highest BCUT2D eigenvalue weighted by Gasteiger charge is 2.40. The van der Waals surface area contributed by atoms with Crippen molar-refractivity contribution in [1.82, 2.24) is 5.16 Å². The molecule has 0 radical (unpaired) electrons. The van der Waals surface area contributed by atoms with Crippen LogP contribution in [0.5, 0.6) is 0 Å². The van der Waals surface area contributed by atoms with Gasteiger partial charge in [-0.15, -0.1) is 0 Å². The number of allylic oxidation sites excluding steroid dienone is 1. The normalized spacial score (nSPS) is 18.9. The summed E-state index contributed by atoms with van der Waals surface area (Å²) in [5.41, 5.74) is 10.1. The Kier molecular flexibility index (Phi) is 6.69. The highest BCUT2D eigenvalue weighted by atomic mass is 16.5. The van der Waals surface area contributed by atoms with Gasteiger partial charge in [0, 0.05) is 36.0 Å². The third-order valence-corrected chi connectivity index (χ3v) is 8.87. The van der Waals surface area contributed by atoms with Crippen molar-refractivity contribution in [2.45, 2.75) is 96.8 Å². The first-order chi connectivity index (χ1) is 18.7. The number of aliphatic imine (C=N–C) groups is 1. The number of carbonyl (C=O) groups excluding carboxylic acids is 1. The largest absolute Gasteiger partial charge is 0.361 e. The van der Waals surface area contributed by atoms with E-state index >= 15 is 0 Å². The number of carbonyl (C=O) groups is 1. The summed E-state index contributed by atoms with van der Waals surface area (Å²) in [6.07, 6.45) is 12.1. The molecule has 0 saturated heterocycles. The van der Waals surface area contributed by atoms with E-state index in [1.807, 2.05) is 6.07 Å². The van der Waals surface area contributed by atoms with Gasteiger partial charge in [-0.3, -0.25) is 9.79 Å². The van der Waals surface area contributed by atoms with E-state index in [4.69, 9.17) is 9.52 Å². The second kappa shape index (κ2) is 10.0. The predicted molar refractivity (Wildman–Crippen MR) is 157 cm³/mol. The van der Waals surface area contributed by atoms with E-state index in [1.54, 1.807) is 0 Å². The summed E-state index contributed by atoms with van der Waals surface area (Å²) in [5, 5.41) is 4.09. The average Bonchev–Trinajstić information content (AvgIpc) is 3.19. The van der Waals surface area contributed by atoms with Gasteiger partial charge in [0.25, 0.3) is 0 Å². The Balaban J connectivity index is 1.07. The Bertz CT molecular complexity index is 1440. The molecule has 2 aliphatic carbocycles. The quantitative estimate of drug-likeness (QED) is 0.272. The molecule has 1 saturated carbocycles. The third-order valence-electron chi connectivity index (χ3n) is 8.87. The second-order valence-corrected chi connectivity index (χ2v) is 13.1. The molecule has 0 spiro atoms. The van der Waals surface area contributed by atoms with Crippen LogP contribution in [0.25, 0.3) is 5.70 Å². The number of ketones is 1. The molecule has 1 aromatic heterocycles. The lowest BCUT2D eigenvalue weighted by molar-refractivity contribution is -0.117. The number of hydrogen-bond acceptors (Lipinski definition) is 4. The first-order valence-electron chi connectivity index (χ1n) is 14.7. The maximum atomic E-state index is 12.7. The maximum absolute atomic E-state index is 12.7. The van der Waals surface area contributed by atoms with Gasteiger partial charge in [-0.25, -0.2) is 0 Å². The molecule has 202 valence electrons. The monoisotopic (exact) mass is 520 g/mol. The summed E-state index contributed by atoms with van der Waals surface area (Å²) in [4.78, 5) is 17.7. The van der Waals surface area contributed by atoms with E-state index in [0.29, 0.717) is 29.9 Å². The van der Waals surface area contributed by atoms with Gasteiger partial charge < -0.3 is 4.52 Å². The minimum Gasteiger partial charge on any atom is -0.361 e. The summed E-state index contributed by atoms with van der Waals surface area (Å²) in [7, 11) is 0. The molecule has 2 aromatic carbocycles. The molecule has 1 fully saturated rings. The zero-order valence-electron chi connectivity index (χ0n) is 23.8. The molecule has 3 aromatic rings. The minimum atomic E-state index is -0.112. The van der Waals surface area contributed by atoms with Crippen LogP contribution in [0.4, 0.5) is 0 Å². The molecule has 6 rings (SSSR count). The topological polar surface area (TPSA) is 55.5 Å².